The fourth-order valence-electron chi connectivity index (χ4n) is 2.64. The highest BCUT2D eigenvalue weighted by atomic mass is 35.5. The number of aryl methyl sites for hydroxylation is 1. The highest BCUT2D eigenvalue weighted by Crippen LogP contribution is 2.28. The van der Waals surface area contributed by atoms with Crippen molar-refractivity contribution < 1.29 is 9.32 Å². The van der Waals surface area contributed by atoms with Crippen molar-refractivity contribution in [3.05, 3.63) is 23.0 Å². The van der Waals surface area contributed by atoms with Gasteiger partial charge in [-0.3, -0.25) is 4.79 Å². The SMILES string of the molecule is Cc1cc(C(=O)N(C)CCC(N)C(C)C)c2c(C(C)C)noc2n1.Cl. The Labute approximate surface area is 155 Å². The normalized spacial score (nSPS) is 12.5. The molecular formula is C18H29ClN4O2. The minimum absolute atomic E-state index is 0. The zero-order chi connectivity index (χ0) is 18.0. The number of rotatable bonds is 6. The number of amides is 1. The van der Waals surface area contributed by atoms with Crippen LogP contribution in [-0.2, 0) is 0 Å². The van der Waals surface area contributed by atoms with Gasteiger partial charge in [-0.2, -0.15) is 0 Å². The van der Waals surface area contributed by atoms with E-state index in [1.54, 1.807) is 11.9 Å². The van der Waals surface area contributed by atoms with E-state index in [1.807, 2.05) is 26.8 Å². The Morgan fingerprint density at radius 1 is 1.32 bits per heavy atom. The van der Waals surface area contributed by atoms with Gasteiger partial charge in [-0.05, 0) is 31.2 Å². The highest BCUT2D eigenvalue weighted by molar-refractivity contribution is 6.06. The molecule has 6 nitrogen and oxygen atoms in total. The van der Waals surface area contributed by atoms with E-state index < -0.39 is 0 Å². The number of hydrogen-bond donors (Lipinski definition) is 1. The second kappa shape index (κ2) is 8.63. The Balaban J connectivity index is 0.00000312. The van der Waals surface area contributed by atoms with E-state index in [-0.39, 0.29) is 30.3 Å². The lowest BCUT2D eigenvalue weighted by Gasteiger charge is -2.22. The molecule has 0 radical (unpaired) electrons. The summed E-state index contributed by atoms with van der Waals surface area (Å²) in [6.45, 7) is 10.7. The second-order valence-corrected chi connectivity index (χ2v) is 7.14. The van der Waals surface area contributed by atoms with Crippen molar-refractivity contribution in [1.82, 2.24) is 15.0 Å². The number of halogens is 1. The lowest BCUT2D eigenvalue weighted by atomic mass is 10.0. The molecule has 25 heavy (non-hydrogen) atoms. The van der Waals surface area contributed by atoms with Crippen molar-refractivity contribution in [2.75, 3.05) is 13.6 Å². The molecule has 0 saturated heterocycles. The largest absolute Gasteiger partial charge is 0.342 e. The summed E-state index contributed by atoms with van der Waals surface area (Å²) in [6.07, 6.45) is 0.772. The number of aromatic nitrogens is 2. The number of carbonyl (C=O) groups excluding carboxylic acids is 1. The summed E-state index contributed by atoms with van der Waals surface area (Å²) in [4.78, 5) is 19.0. The molecule has 1 atom stereocenters. The third kappa shape index (κ3) is 4.70. The maximum absolute atomic E-state index is 13.0. The molecule has 2 aromatic rings. The van der Waals surface area contributed by atoms with Gasteiger partial charge in [0.1, 0.15) is 0 Å². The van der Waals surface area contributed by atoms with E-state index >= 15 is 0 Å². The monoisotopic (exact) mass is 368 g/mol. The van der Waals surface area contributed by atoms with Crippen LogP contribution < -0.4 is 5.73 Å². The molecule has 1 unspecified atom stereocenters. The van der Waals surface area contributed by atoms with Crippen LogP contribution in [0.15, 0.2) is 10.6 Å². The Morgan fingerprint density at radius 3 is 2.52 bits per heavy atom. The minimum Gasteiger partial charge on any atom is -0.342 e. The number of nitrogens with two attached hydrogens (primary N) is 1. The zero-order valence-corrected chi connectivity index (χ0v) is 16.7. The second-order valence-electron chi connectivity index (χ2n) is 7.14. The molecule has 0 bridgehead atoms. The van der Waals surface area contributed by atoms with Crippen LogP contribution in [0.4, 0.5) is 0 Å². The first-order valence-corrected chi connectivity index (χ1v) is 8.50. The predicted octanol–water partition coefficient (Wildman–Crippen LogP) is 3.52. The van der Waals surface area contributed by atoms with Gasteiger partial charge >= 0.3 is 0 Å². The third-order valence-corrected chi connectivity index (χ3v) is 4.38. The fraction of sp³-hybridized carbons (Fsp3) is 0.611. The van der Waals surface area contributed by atoms with Crippen molar-refractivity contribution in [2.45, 2.75) is 53.0 Å². The maximum Gasteiger partial charge on any atom is 0.259 e. The Bertz CT molecular complexity index is 727. The number of pyridine rings is 1. The molecule has 0 aromatic carbocycles. The molecule has 2 aromatic heterocycles. The summed E-state index contributed by atoms with van der Waals surface area (Å²) in [6, 6.07) is 1.90. The molecule has 7 heteroatoms. The molecule has 0 spiro atoms. The van der Waals surface area contributed by atoms with E-state index in [0.717, 1.165) is 23.2 Å². The van der Waals surface area contributed by atoms with E-state index in [1.165, 1.54) is 0 Å². The fourth-order valence-corrected chi connectivity index (χ4v) is 2.64. The van der Waals surface area contributed by atoms with Crippen molar-refractivity contribution >= 4 is 29.4 Å². The van der Waals surface area contributed by atoms with E-state index in [0.29, 0.717) is 23.7 Å². The number of nitrogens with zero attached hydrogens (tertiary/aromatic N) is 3. The number of hydrogen-bond acceptors (Lipinski definition) is 5. The van der Waals surface area contributed by atoms with Gasteiger partial charge in [0.25, 0.3) is 11.6 Å². The van der Waals surface area contributed by atoms with Gasteiger partial charge in [-0.15, -0.1) is 12.4 Å². The minimum atomic E-state index is -0.0495. The molecular weight excluding hydrogens is 340 g/mol. The Morgan fingerprint density at radius 2 is 1.96 bits per heavy atom. The van der Waals surface area contributed by atoms with E-state index in [9.17, 15) is 4.79 Å². The lowest BCUT2D eigenvalue weighted by molar-refractivity contribution is 0.0791. The maximum atomic E-state index is 13.0. The molecule has 0 aliphatic carbocycles. The first kappa shape index (κ1) is 21.4. The van der Waals surface area contributed by atoms with Crippen LogP contribution in [-0.4, -0.2) is 40.6 Å². The summed E-state index contributed by atoms with van der Waals surface area (Å²) in [5.74, 6) is 0.502. The van der Waals surface area contributed by atoms with Crippen LogP contribution in [0.1, 0.15) is 61.8 Å². The summed E-state index contributed by atoms with van der Waals surface area (Å²) in [7, 11) is 1.81. The van der Waals surface area contributed by atoms with Gasteiger partial charge in [-0.25, -0.2) is 4.98 Å². The van der Waals surface area contributed by atoms with Crippen LogP contribution >= 0.6 is 12.4 Å². The third-order valence-electron chi connectivity index (χ3n) is 4.38. The average molecular weight is 369 g/mol. The van der Waals surface area contributed by atoms with Gasteiger partial charge in [0.15, 0.2) is 0 Å². The molecule has 2 N–H and O–H groups in total. The molecule has 0 aliphatic rings. The first-order chi connectivity index (χ1) is 11.2. The topological polar surface area (TPSA) is 85.2 Å². The van der Waals surface area contributed by atoms with Crippen molar-refractivity contribution in [3.8, 4) is 0 Å². The smallest absolute Gasteiger partial charge is 0.259 e. The summed E-state index contributed by atoms with van der Waals surface area (Å²) in [5.41, 5.74) is 8.63. The van der Waals surface area contributed by atoms with Gasteiger partial charge in [0, 0.05) is 25.3 Å². The average Bonchev–Trinajstić information content (AvgIpc) is 2.94. The van der Waals surface area contributed by atoms with Crippen molar-refractivity contribution in [3.63, 3.8) is 0 Å². The van der Waals surface area contributed by atoms with Crippen LogP contribution in [0.2, 0.25) is 0 Å². The highest BCUT2D eigenvalue weighted by Gasteiger charge is 2.23. The van der Waals surface area contributed by atoms with Crippen LogP contribution in [0.5, 0.6) is 0 Å². The Kier molecular flexibility index (Phi) is 7.38. The summed E-state index contributed by atoms with van der Waals surface area (Å²) < 4.78 is 5.34. The van der Waals surface area contributed by atoms with Crippen molar-refractivity contribution in [2.24, 2.45) is 11.7 Å². The van der Waals surface area contributed by atoms with Gasteiger partial charge < -0.3 is 15.2 Å². The Hall–Kier alpha value is -1.66. The van der Waals surface area contributed by atoms with Gasteiger partial charge in [0.05, 0.1) is 16.6 Å². The lowest BCUT2D eigenvalue weighted by Crippen LogP contribution is -2.34. The van der Waals surface area contributed by atoms with Crippen LogP contribution in [0.3, 0.4) is 0 Å². The van der Waals surface area contributed by atoms with Gasteiger partial charge in [-0.1, -0.05) is 32.9 Å². The molecule has 2 heterocycles. The van der Waals surface area contributed by atoms with E-state index in [2.05, 4.69) is 24.0 Å². The molecule has 140 valence electrons. The van der Waals surface area contributed by atoms with Crippen LogP contribution in [0, 0.1) is 12.8 Å². The summed E-state index contributed by atoms with van der Waals surface area (Å²) >= 11 is 0. The number of carbonyl (C=O) groups is 1. The standard InChI is InChI=1S/C18H28N4O2.ClH/c1-10(2)14(19)7-8-22(6)18(23)13-9-12(5)20-17-15(13)16(11(3)4)21-24-17;/h9-11,14H,7-8,19H2,1-6H3;1H. The number of fused-ring (bicyclic) bond motifs is 1. The predicted molar refractivity (Wildman–Crippen MR) is 102 cm³/mol. The van der Waals surface area contributed by atoms with Crippen molar-refractivity contribution in [1.29, 1.82) is 0 Å². The first-order valence-electron chi connectivity index (χ1n) is 8.50. The molecule has 0 aliphatic heterocycles. The molecule has 2 rings (SSSR count). The zero-order valence-electron chi connectivity index (χ0n) is 15.9. The summed E-state index contributed by atoms with van der Waals surface area (Å²) in [5, 5.41) is 4.83. The molecule has 1 amide bonds. The van der Waals surface area contributed by atoms with E-state index in [4.69, 9.17) is 10.3 Å². The molecule has 0 saturated carbocycles. The van der Waals surface area contributed by atoms with Crippen LogP contribution in [0.25, 0.3) is 11.1 Å². The quantitative estimate of drug-likeness (QED) is 0.843. The van der Waals surface area contributed by atoms with Gasteiger partial charge in [0.2, 0.25) is 0 Å². The molecule has 0 fully saturated rings.